The van der Waals surface area contributed by atoms with Crippen LogP contribution in [0.3, 0.4) is 0 Å². The number of hydrogen-bond donors (Lipinski definition) is 1. The second-order valence-electron chi connectivity index (χ2n) is 6.31. The standard InChI is InChI=1S/C23H21BrO3/c24-21-14-7-13-20(23(25)26)19(21)12-6-11-18-10-4-5-15-22(18)27-16-17-8-2-1-3-9-17/h1-5,7-10,13-15H,6,11-12,16H2,(H,25,26). The summed E-state index contributed by atoms with van der Waals surface area (Å²) in [7, 11) is 0. The minimum absolute atomic E-state index is 0.359. The summed E-state index contributed by atoms with van der Waals surface area (Å²) < 4.78 is 6.85. The summed E-state index contributed by atoms with van der Waals surface area (Å²) in [5.74, 6) is -0.00941. The van der Waals surface area contributed by atoms with Gasteiger partial charge in [0, 0.05) is 4.47 Å². The second kappa shape index (κ2) is 9.38. The van der Waals surface area contributed by atoms with Gasteiger partial charge < -0.3 is 9.84 Å². The first kappa shape index (κ1) is 19.2. The average molecular weight is 425 g/mol. The monoisotopic (exact) mass is 424 g/mol. The van der Waals surface area contributed by atoms with Crippen molar-refractivity contribution in [3.8, 4) is 5.75 Å². The molecule has 0 spiro atoms. The number of para-hydroxylation sites is 1. The molecule has 0 aliphatic heterocycles. The molecular formula is C23H21BrO3. The number of hydrogen-bond acceptors (Lipinski definition) is 2. The van der Waals surface area contributed by atoms with Crippen molar-refractivity contribution in [1.82, 2.24) is 0 Å². The van der Waals surface area contributed by atoms with E-state index in [1.54, 1.807) is 12.1 Å². The number of rotatable bonds is 8. The Kier molecular flexibility index (Phi) is 6.66. The van der Waals surface area contributed by atoms with Crippen molar-refractivity contribution >= 4 is 21.9 Å². The molecule has 0 radical (unpaired) electrons. The third-order valence-corrected chi connectivity index (χ3v) is 5.17. The fraction of sp³-hybridized carbons (Fsp3) is 0.174. The first-order valence-electron chi connectivity index (χ1n) is 8.90. The molecule has 0 bridgehead atoms. The van der Waals surface area contributed by atoms with E-state index < -0.39 is 5.97 Å². The highest BCUT2D eigenvalue weighted by molar-refractivity contribution is 9.10. The van der Waals surface area contributed by atoms with E-state index in [9.17, 15) is 9.90 Å². The average Bonchev–Trinajstić information content (AvgIpc) is 2.69. The van der Waals surface area contributed by atoms with E-state index in [2.05, 4.69) is 22.0 Å². The Hall–Kier alpha value is -2.59. The van der Waals surface area contributed by atoms with E-state index in [0.29, 0.717) is 18.6 Å². The van der Waals surface area contributed by atoms with E-state index in [1.165, 1.54) is 0 Å². The lowest BCUT2D eigenvalue weighted by Crippen LogP contribution is -2.04. The van der Waals surface area contributed by atoms with Crippen LogP contribution in [0.2, 0.25) is 0 Å². The summed E-state index contributed by atoms with van der Waals surface area (Å²) in [5, 5.41) is 9.39. The summed E-state index contributed by atoms with van der Waals surface area (Å²) in [4.78, 5) is 11.4. The Morgan fingerprint density at radius 1 is 0.889 bits per heavy atom. The normalized spacial score (nSPS) is 10.6. The number of carboxylic acid groups (broad SMARTS) is 1. The van der Waals surface area contributed by atoms with Crippen LogP contribution in [0, 0.1) is 0 Å². The predicted octanol–water partition coefficient (Wildman–Crippen LogP) is 5.90. The van der Waals surface area contributed by atoms with Gasteiger partial charge in [0.25, 0.3) is 0 Å². The van der Waals surface area contributed by atoms with Crippen molar-refractivity contribution in [3.05, 3.63) is 99.5 Å². The molecule has 0 heterocycles. The molecule has 4 heteroatoms. The molecule has 0 saturated heterocycles. The van der Waals surface area contributed by atoms with Gasteiger partial charge in [0.15, 0.2) is 0 Å². The van der Waals surface area contributed by atoms with Crippen LogP contribution >= 0.6 is 15.9 Å². The molecule has 0 atom stereocenters. The first-order chi connectivity index (χ1) is 13.1. The summed E-state index contributed by atoms with van der Waals surface area (Å²) in [6.45, 7) is 0.533. The lowest BCUT2D eigenvalue weighted by atomic mass is 9.99. The molecule has 3 rings (SSSR count). The van der Waals surface area contributed by atoms with Gasteiger partial charge in [-0.3, -0.25) is 0 Å². The molecule has 0 fully saturated rings. The highest BCUT2D eigenvalue weighted by Gasteiger charge is 2.13. The number of carboxylic acids is 1. The van der Waals surface area contributed by atoms with Crippen LogP contribution in [0.4, 0.5) is 0 Å². The van der Waals surface area contributed by atoms with Crippen molar-refractivity contribution in [2.75, 3.05) is 0 Å². The lowest BCUT2D eigenvalue weighted by molar-refractivity contribution is 0.0695. The van der Waals surface area contributed by atoms with Crippen LogP contribution in [0.25, 0.3) is 0 Å². The highest BCUT2D eigenvalue weighted by atomic mass is 79.9. The molecule has 0 unspecified atom stereocenters. The SMILES string of the molecule is O=C(O)c1cccc(Br)c1CCCc1ccccc1OCc1ccccc1. The van der Waals surface area contributed by atoms with Crippen LogP contribution in [-0.4, -0.2) is 11.1 Å². The molecule has 3 nitrogen and oxygen atoms in total. The van der Waals surface area contributed by atoms with Crippen molar-refractivity contribution in [2.24, 2.45) is 0 Å². The van der Waals surface area contributed by atoms with Gasteiger partial charge in [-0.1, -0.05) is 70.5 Å². The topological polar surface area (TPSA) is 46.5 Å². The molecule has 0 amide bonds. The number of ether oxygens (including phenoxy) is 1. The van der Waals surface area contributed by atoms with Crippen molar-refractivity contribution in [1.29, 1.82) is 0 Å². The van der Waals surface area contributed by atoms with Crippen molar-refractivity contribution < 1.29 is 14.6 Å². The maximum atomic E-state index is 11.4. The Morgan fingerprint density at radius 3 is 2.41 bits per heavy atom. The van der Waals surface area contributed by atoms with Gasteiger partial charge >= 0.3 is 5.97 Å². The fourth-order valence-corrected chi connectivity index (χ4v) is 3.62. The minimum atomic E-state index is -0.891. The second-order valence-corrected chi connectivity index (χ2v) is 7.16. The molecule has 3 aromatic carbocycles. The summed E-state index contributed by atoms with van der Waals surface area (Å²) in [5.41, 5.74) is 3.47. The smallest absolute Gasteiger partial charge is 0.336 e. The maximum absolute atomic E-state index is 11.4. The van der Waals surface area contributed by atoms with Gasteiger partial charge in [0.1, 0.15) is 12.4 Å². The van der Waals surface area contributed by atoms with E-state index in [-0.39, 0.29) is 0 Å². The molecule has 27 heavy (non-hydrogen) atoms. The quantitative estimate of drug-likeness (QED) is 0.489. The van der Waals surface area contributed by atoms with Gasteiger partial charge in [-0.05, 0) is 54.2 Å². The van der Waals surface area contributed by atoms with Crippen LogP contribution < -0.4 is 4.74 Å². The highest BCUT2D eigenvalue weighted by Crippen LogP contribution is 2.25. The van der Waals surface area contributed by atoms with Crippen LogP contribution in [0.1, 0.15) is 33.5 Å². The molecule has 1 N–H and O–H groups in total. The largest absolute Gasteiger partial charge is 0.489 e. The number of aryl methyl sites for hydroxylation is 1. The molecule has 0 saturated carbocycles. The lowest BCUT2D eigenvalue weighted by Gasteiger charge is -2.12. The zero-order chi connectivity index (χ0) is 19.1. The molecule has 3 aromatic rings. The summed E-state index contributed by atoms with van der Waals surface area (Å²) in [6.07, 6.45) is 2.36. The van der Waals surface area contributed by atoms with Crippen LogP contribution in [0.5, 0.6) is 5.75 Å². The third-order valence-electron chi connectivity index (χ3n) is 4.43. The maximum Gasteiger partial charge on any atom is 0.336 e. The fourth-order valence-electron chi connectivity index (χ4n) is 3.06. The molecule has 138 valence electrons. The van der Waals surface area contributed by atoms with E-state index >= 15 is 0 Å². The van der Waals surface area contributed by atoms with Crippen LogP contribution in [0.15, 0.2) is 77.3 Å². The van der Waals surface area contributed by atoms with E-state index in [4.69, 9.17) is 4.74 Å². The number of benzene rings is 3. The van der Waals surface area contributed by atoms with Crippen molar-refractivity contribution in [2.45, 2.75) is 25.9 Å². The predicted molar refractivity (Wildman–Crippen MR) is 110 cm³/mol. The Morgan fingerprint density at radius 2 is 1.63 bits per heavy atom. The summed E-state index contributed by atoms with van der Waals surface area (Å²) in [6, 6.07) is 23.4. The van der Waals surface area contributed by atoms with Gasteiger partial charge in [-0.15, -0.1) is 0 Å². The van der Waals surface area contributed by atoms with E-state index in [0.717, 1.165) is 39.8 Å². The third kappa shape index (κ3) is 5.20. The van der Waals surface area contributed by atoms with Gasteiger partial charge in [0.2, 0.25) is 0 Å². The van der Waals surface area contributed by atoms with Gasteiger partial charge in [-0.2, -0.15) is 0 Å². The van der Waals surface area contributed by atoms with Crippen LogP contribution in [-0.2, 0) is 19.4 Å². The molecular weight excluding hydrogens is 404 g/mol. The Balaban J connectivity index is 1.65. The number of aromatic carboxylic acids is 1. The minimum Gasteiger partial charge on any atom is -0.489 e. The zero-order valence-corrected chi connectivity index (χ0v) is 16.5. The Labute approximate surface area is 167 Å². The number of carbonyl (C=O) groups is 1. The van der Waals surface area contributed by atoms with E-state index in [1.807, 2.05) is 54.6 Å². The van der Waals surface area contributed by atoms with Gasteiger partial charge in [0.05, 0.1) is 5.56 Å². The molecule has 0 aromatic heterocycles. The molecule has 0 aliphatic carbocycles. The Bertz CT molecular complexity index is 907. The molecule has 0 aliphatic rings. The first-order valence-corrected chi connectivity index (χ1v) is 9.70. The zero-order valence-electron chi connectivity index (χ0n) is 14.9. The summed E-state index contributed by atoms with van der Waals surface area (Å²) >= 11 is 3.48. The van der Waals surface area contributed by atoms with Gasteiger partial charge in [-0.25, -0.2) is 4.79 Å². The number of halogens is 1. The van der Waals surface area contributed by atoms with Crippen molar-refractivity contribution in [3.63, 3.8) is 0 Å².